The molecule has 0 bridgehead atoms. The van der Waals surface area contributed by atoms with Crippen LogP contribution in [0.1, 0.15) is 24.8 Å². The lowest BCUT2D eigenvalue weighted by Gasteiger charge is -2.26. The average molecular weight is 258 g/mol. The van der Waals surface area contributed by atoms with Crippen molar-refractivity contribution >= 4 is 23.4 Å². The molecule has 1 fully saturated rings. The van der Waals surface area contributed by atoms with Gasteiger partial charge in [-0.05, 0) is 30.2 Å². The van der Waals surface area contributed by atoms with Crippen molar-refractivity contribution in [2.24, 2.45) is 0 Å². The summed E-state index contributed by atoms with van der Waals surface area (Å²) in [7, 11) is 0. The van der Waals surface area contributed by atoms with Crippen LogP contribution >= 0.6 is 23.4 Å². The zero-order valence-electron chi connectivity index (χ0n) is 9.10. The maximum atomic E-state index is 10.2. The quantitative estimate of drug-likeness (QED) is 0.904. The summed E-state index contributed by atoms with van der Waals surface area (Å²) < 4.78 is 0. The summed E-state index contributed by atoms with van der Waals surface area (Å²) in [5.41, 5.74) is 0.996. The van der Waals surface area contributed by atoms with E-state index in [9.17, 15) is 5.11 Å². The zero-order chi connectivity index (χ0) is 11.4. The summed E-state index contributed by atoms with van der Waals surface area (Å²) in [6.45, 7) is 0. The first-order valence-corrected chi connectivity index (χ1v) is 7.08. The molecule has 16 heavy (non-hydrogen) atoms. The number of pyridine rings is 1. The molecule has 0 saturated carbocycles. The van der Waals surface area contributed by atoms with Crippen molar-refractivity contribution in [3.63, 3.8) is 0 Å². The van der Waals surface area contributed by atoms with Crippen molar-refractivity contribution in [3.05, 3.63) is 29.0 Å². The number of hydrogen-bond acceptors (Lipinski definition) is 3. The second-order valence-electron chi connectivity index (χ2n) is 4.14. The molecule has 0 spiro atoms. The van der Waals surface area contributed by atoms with Crippen LogP contribution in [0, 0.1) is 0 Å². The van der Waals surface area contributed by atoms with Crippen LogP contribution in [0.3, 0.4) is 0 Å². The molecule has 1 aliphatic rings. The summed E-state index contributed by atoms with van der Waals surface area (Å²) in [6, 6.07) is 1.89. The van der Waals surface area contributed by atoms with Gasteiger partial charge in [-0.25, -0.2) is 0 Å². The zero-order valence-corrected chi connectivity index (χ0v) is 10.7. The molecule has 1 aliphatic heterocycles. The molecule has 2 unspecified atom stereocenters. The lowest BCUT2D eigenvalue weighted by Crippen LogP contribution is -2.28. The van der Waals surface area contributed by atoms with Crippen molar-refractivity contribution in [2.75, 3.05) is 5.75 Å². The van der Waals surface area contributed by atoms with Crippen LogP contribution in [0.5, 0.6) is 0 Å². The van der Waals surface area contributed by atoms with E-state index in [4.69, 9.17) is 11.6 Å². The standard InChI is InChI=1S/C12H16ClNOS/c13-10-8-14-5-4-9(10)7-11(15)12-3-1-2-6-16-12/h4-5,8,11-12,15H,1-3,6-7H2. The summed E-state index contributed by atoms with van der Waals surface area (Å²) in [5.74, 6) is 1.17. The molecule has 2 heterocycles. The largest absolute Gasteiger partial charge is 0.392 e. The number of rotatable bonds is 3. The van der Waals surface area contributed by atoms with Gasteiger partial charge in [0.05, 0.1) is 11.1 Å². The van der Waals surface area contributed by atoms with E-state index in [1.165, 1.54) is 18.6 Å². The molecule has 4 heteroatoms. The number of aliphatic hydroxyl groups excluding tert-OH is 1. The lowest BCUT2D eigenvalue weighted by atomic mass is 10.0. The first kappa shape index (κ1) is 12.2. The third-order valence-corrected chi connectivity index (χ3v) is 4.77. The molecule has 88 valence electrons. The van der Waals surface area contributed by atoms with Crippen LogP contribution in [-0.4, -0.2) is 27.2 Å². The SMILES string of the molecule is OC(Cc1ccncc1Cl)C1CCCCS1. The van der Waals surface area contributed by atoms with Crippen LogP contribution in [0.15, 0.2) is 18.5 Å². The maximum absolute atomic E-state index is 10.2. The van der Waals surface area contributed by atoms with Gasteiger partial charge in [0.2, 0.25) is 0 Å². The van der Waals surface area contributed by atoms with Crippen molar-refractivity contribution in [1.29, 1.82) is 0 Å². The van der Waals surface area contributed by atoms with Gasteiger partial charge in [0.25, 0.3) is 0 Å². The van der Waals surface area contributed by atoms with Gasteiger partial charge in [0, 0.05) is 24.1 Å². The van der Waals surface area contributed by atoms with Gasteiger partial charge in [-0.3, -0.25) is 4.98 Å². The van der Waals surface area contributed by atoms with E-state index >= 15 is 0 Å². The van der Waals surface area contributed by atoms with E-state index in [0.29, 0.717) is 16.7 Å². The number of nitrogens with zero attached hydrogens (tertiary/aromatic N) is 1. The normalized spacial score (nSPS) is 23.0. The van der Waals surface area contributed by atoms with Gasteiger partial charge >= 0.3 is 0 Å². The molecule has 2 rings (SSSR count). The highest BCUT2D eigenvalue weighted by atomic mass is 35.5. The predicted molar refractivity (Wildman–Crippen MR) is 69.1 cm³/mol. The van der Waals surface area contributed by atoms with Crippen molar-refractivity contribution in [3.8, 4) is 0 Å². The van der Waals surface area contributed by atoms with Crippen molar-refractivity contribution in [2.45, 2.75) is 37.0 Å². The molecule has 0 amide bonds. The Kier molecular flexibility index (Phi) is 4.50. The Morgan fingerprint density at radius 2 is 2.44 bits per heavy atom. The second kappa shape index (κ2) is 5.89. The third-order valence-electron chi connectivity index (χ3n) is 2.93. The van der Waals surface area contributed by atoms with E-state index in [1.54, 1.807) is 12.4 Å². The Balaban J connectivity index is 1.96. The molecule has 1 N–H and O–H groups in total. The van der Waals surface area contributed by atoms with Gasteiger partial charge in [-0.1, -0.05) is 18.0 Å². The molecule has 0 aromatic carbocycles. The van der Waals surface area contributed by atoms with E-state index in [0.717, 1.165) is 12.0 Å². The average Bonchev–Trinajstić information content (AvgIpc) is 2.33. The number of hydrogen-bond donors (Lipinski definition) is 1. The van der Waals surface area contributed by atoms with Gasteiger partial charge in [-0.15, -0.1) is 0 Å². The summed E-state index contributed by atoms with van der Waals surface area (Å²) in [4.78, 5) is 3.95. The molecule has 2 atom stereocenters. The molecule has 1 aromatic rings. The number of halogens is 1. The molecular weight excluding hydrogens is 242 g/mol. The first-order chi connectivity index (χ1) is 7.77. The Hall–Kier alpha value is -0.250. The van der Waals surface area contributed by atoms with E-state index in [1.807, 2.05) is 17.8 Å². The first-order valence-electron chi connectivity index (χ1n) is 5.65. The Morgan fingerprint density at radius 1 is 1.56 bits per heavy atom. The number of aliphatic hydroxyl groups is 1. The minimum Gasteiger partial charge on any atom is -0.392 e. The van der Waals surface area contributed by atoms with Gasteiger partial charge in [-0.2, -0.15) is 11.8 Å². The van der Waals surface area contributed by atoms with Crippen LogP contribution in [0.2, 0.25) is 5.02 Å². The fraction of sp³-hybridized carbons (Fsp3) is 0.583. The smallest absolute Gasteiger partial charge is 0.0699 e. The highest BCUT2D eigenvalue weighted by molar-refractivity contribution is 8.00. The Labute approximate surface area is 105 Å². The monoisotopic (exact) mass is 257 g/mol. The van der Waals surface area contributed by atoms with Crippen LogP contribution < -0.4 is 0 Å². The van der Waals surface area contributed by atoms with Crippen molar-refractivity contribution < 1.29 is 5.11 Å². The minimum atomic E-state index is -0.287. The maximum Gasteiger partial charge on any atom is 0.0699 e. The molecule has 1 aromatic heterocycles. The number of thioether (sulfide) groups is 1. The van der Waals surface area contributed by atoms with Gasteiger partial charge in [0.1, 0.15) is 0 Å². The van der Waals surface area contributed by atoms with Crippen LogP contribution in [-0.2, 0) is 6.42 Å². The fourth-order valence-electron chi connectivity index (χ4n) is 2.00. The molecule has 1 saturated heterocycles. The van der Waals surface area contributed by atoms with E-state index in [-0.39, 0.29) is 6.10 Å². The van der Waals surface area contributed by atoms with Crippen LogP contribution in [0.25, 0.3) is 0 Å². The van der Waals surface area contributed by atoms with Gasteiger partial charge in [0.15, 0.2) is 0 Å². The minimum absolute atomic E-state index is 0.287. The highest BCUT2D eigenvalue weighted by Gasteiger charge is 2.22. The van der Waals surface area contributed by atoms with Gasteiger partial charge < -0.3 is 5.11 Å². The third kappa shape index (κ3) is 3.12. The van der Waals surface area contributed by atoms with E-state index in [2.05, 4.69) is 4.98 Å². The van der Waals surface area contributed by atoms with Crippen LogP contribution in [0.4, 0.5) is 0 Å². The summed E-state index contributed by atoms with van der Waals surface area (Å²) >= 11 is 7.91. The predicted octanol–water partition coefficient (Wildman–Crippen LogP) is 2.92. The molecule has 2 nitrogen and oxygen atoms in total. The lowest BCUT2D eigenvalue weighted by molar-refractivity contribution is 0.166. The second-order valence-corrected chi connectivity index (χ2v) is 5.90. The Bertz CT molecular complexity index is 342. The summed E-state index contributed by atoms with van der Waals surface area (Å²) in [5, 5.41) is 11.2. The highest BCUT2D eigenvalue weighted by Crippen LogP contribution is 2.29. The topological polar surface area (TPSA) is 33.1 Å². The number of aromatic nitrogens is 1. The molecule has 0 radical (unpaired) electrons. The van der Waals surface area contributed by atoms with E-state index < -0.39 is 0 Å². The molecular formula is C12H16ClNOS. The van der Waals surface area contributed by atoms with Crippen molar-refractivity contribution in [1.82, 2.24) is 4.98 Å². The molecule has 0 aliphatic carbocycles. The Morgan fingerprint density at radius 3 is 3.12 bits per heavy atom. The fourth-order valence-corrected chi connectivity index (χ4v) is 3.52. The summed E-state index contributed by atoms with van der Waals surface area (Å²) in [6.07, 6.45) is 7.35.